The SMILES string of the molecule is C=Cc1ccc(S(=O)(=O)CCS(=O)(=O)CC(=O)CS(=O)(=O)CC)cc1. The molecule has 25 heavy (non-hydrogen) atoms. The fraction of sp³-hybridized carbons (Fsp3) is 0.400. The molecule has 0 radical (unpaired) electrons. The number of hydrogen-bond acceptors (Lipinski definition) is 7. The summed E-state index contributed by atoms with van der Waals surface area (Å²) < 4.78 is 70.8. The molecule has 10 heteroatoms. The number of Topliss-reactive ketones (excluding diaryl/α,β-unsaturated/α-hetero) is 1. The molecule has 0 N–H and O–H groups in total. The Morgan fingerprint density at radius 3 is 1.92 bits per heavy atom. The molecule has 0 aliphatic carbocycles. The molecule has 0 bridgehead atoms. The van der Waals surface area contributed by atoms with Crippen LogP contribution >= 0.6 is 0 Å². The lowest BCUT2D eigenvalue weighted by Gasteiger charge is -2.06. The smallest absolute Gasteiger partial charge is 0.179 e. The van der Waals surface area contributed by atoms with Crippen LogP contribution in [0.1, 0.15) is 12.5 Å². The van der Waals surface area contributed by atoms with E-state index in [1.165, 1.54) is 37.3 Å². The molecule has 0 heterocycles. The average Bonchev–Trinajstić information content (AvgIpc) is 2.52. The zero-order chi connectivity index (χ0) is 19.3. The molecular weight excluding hydrogens is 388 g/mol. The number of sulfone groups is 3. The van der Waals surface area contributed by atoms with E-state index in [1.807, 2.05) is 0 Å². The van der Waals surface area contributed by atoms with Gasteiger partial charge in [0.2, 0.25) is 0 Å². The predicted octanol–water partition coefficient (Wildman–Crippen LogP) is 0.522. The van der Waals surface area contributed by atoms with Gasteiger partial charge in [-0.05, 0) is 17.7 Å². The van der Waals surface area contributed by atoms with Gasteiger partial charge in [-0.1, -0.05) is 31.7 Å². The van der Waals surface area contributed by atoms with E-state index in [9.17, 15) is 30.0 Å². The highest BCUT2D eigenvalue weighted by molar-refractivity contribution is 7.96. The maximum atomic E-state index is 12.2. The van der Waals surface area contributed by atoms with Crippen molar-refractivity contribution in [2.75, 3.05) is 28.8 Å². The van der Waals surface area contributed by atoms with Crippen LogP contribution in [0.2, 0.25) is 0 Å². The zero-order valence-electron chi connectivity index (χ0n) is 13.7. The van der Waals surface area contributed by atoms with Gasteiger partial charge >= 0.3 is 0 Å². The molecule has 0 aliphatic heterocycles. The number of benzene rings is 1. The molecular formula is C15H20O7S3. The second-order valence-corrected chi connectivity index (χ2v) is 12.0. The average molecular weight is 409 g/mol. The molecule has 0 fully saturated rings. The molecule has 0 amide bonds. The number of carbonyl (C=O) groups is 1. The molecule has 0 saturated carbocycles. The number of rotatable bonds is 10. The standard InChI is InChI=1S/C15H20O7S3/c1-3-13-5-7-15(8-6-13)25(21,22)10-9-24(19,20)12-14(16)11-23(17,18)4-2/h3,5-8H,1,4,9-12H2,2H3. The monoisotopic (exact) mass is 408 g/mol. The van der Waals surface area contributed by atoms with Crippen LogP contribution in [0.5, 0.6) is 0 Å². The Balaban J connectivity index is 2.77. The number of hydrogen-bond donors (Lipinski definition) is 0. The van der Waals surface area contributed by atoms with Crippen molar-refractivity contribution in [3.8, 4) is 0 Å². The van der Waals surface area contributed by atoms with Crippen LogP contribution in [-0.4, -0.2) is 59.8 Å². The summed E-state index contributed by atoms with van der Waals surface area (Å²) in [5.41, 5.74) is 0.717. The summed E-state index contributed by atoms with van der Waals surface area (Å²) in [5, 5.41) is 0. The molecule has 0 unspecified atom stereocenters. The molecule has 1 rings (SSSR count). The highest BCUT2D eigenvalue weighted by Gasteiger charge is 2.24. The lowest BCUT2D eigenvalue weighted by molar-refractivity contribution is -0.114. The maximum Gasteiger partial charge on any atom is 0.179 e. The minimum absolute atomic E-state index is 0.0341. The predicted molar refractivity (Wildman–Crippen MR) is 96.6 cm³/mol. The van der Waals surface area contributed by atoms with Crippen LogP contribution in [-0.2, 0) is 34.3 Å². The molecule has 0 aliphatic rings. The summed E-state index contributed by atoms with van der Waals surface area (Å²) in [6, 6.07) is 5.76. The van der Waals surface area contributed by atoms with Gasteiger partial charge in [0, 0.05) is 5.75 Å². The Hall–Kier alpha value is -1.52. The quantitative estimate of drug-likeness (QED) is 0.553. The van der Waals surface area contributed by atoms with Gasteiger partial charge in [-0.2, -0.15) is 0 Å². The van der Waals surface area contributed by atoms with Crippen LogP contribution in [0.4, 0.5) is 0 Å². The van der Waals surface area contributed by atoms with E-state index in [-0.39, 0.29) is 10.6 Å². The highest BCUT2D eigenvalue weighted by Crippen LogP contribution is 2.14. The first kappa shape index (κ1) is 21.5. The normalized spacial score (nSPS) is 12.7. The number of carbonyl (C=O) groups excluding carboxylic acids is 1. The minimum atomic E-state index is -4.02. The van der Waals surface area contributed by atoms with Crippen molar-refractivity contribution in [3.63, 3.8) is 0 Å². The van der Waals surface area contributed by atoms with Gasteiger partial charge in [0.25, 0.3) is 0 Å². The molecule has 140 valence electrons. The Kier molecular flexibility index (Phi) is 7.09. The first-order chi connectivity index (χ1) is 11.4. The Morgan fingerprint density at radius 2 is 1.44 bits per heavy atom. The van der Waals surface area contributed by atoms with Crippen molar-refractivity contribution in [1.82, 2.24) is 0 Å². The molecule has 0 aromatic heterocycles. The van der Waals surface area contributed by atoms with E-state index in [1.54, 1.807) is 0 Å². The highest BCUT2D eigenvalue weighted by atomic mass is 32.2. The molecule has 0 atom stereocenters. The lowest BCUT2D eigenvalue weighted by atomic mass is 10.2. The van der Waals surface area contributed by atoms with Crippen molar-refractivity contribution in [2.24, 2.45) is 0 Å². The summed E-state index contributed by atoms with van der Waals surface area (Å²) in [7, 11) is -11.5. The van der Waals surface area contributed by atoms with E-state index in [4.69, 9.17) is 0 Å². The summed E-state index contributed by atoms with van der Waals surface area (Å²) in [5.74, 6) is -4.52. The van der Waals surface area contributed by atoms with E-state index in [2.05, 4.69) is 6.58 Å². The Bertz CT molecular complexity index is 939. The van der Waals surface area contributed by atoms with Gasteiger partial charge < -0.3 is 0 Å². The van der Waals surface area contributed by atoms with Gasteiger partial charge in [0.15, 0.2) is 35.3 Å². The summed E-state index contributed by atoms with van der Waals surface area (Å²) in [4.78, 5) is 11.5. The first-order valence-electron chi connectivity index (χ1n) is 7.28. The maximum absolute atomic E-state index is 12.2. The summed E-state index contributed by atoms with van der Waals surface area (Å²) in [6.45, 7) is 4.90. The third-order valence-corrected chi connectivity index (χ3v) is 8.56. The lowest BCUT2D eigenvalue weighted by Crippen LogP contribution is -2.28. The second-order valence-electron chi connectivity index (χ2n) is 5.40. The van der Waals surface area contributed by atoms with Crippen LogP contribution < -0.4 is 0 Å². The molecule has 1 aromatic rings. The number of ketones is 1. The van der Waals surface area contributed by atoms with Gasteiger partial charge in [-0.3, -0.25) is 4.79 Å². The van der Waals surface area contributed by atoms with Crippen molar-refractivity contribution >= 4 is 41.4 Å². The molecule has 1 aromatic carbocycles. The third kappa shape index (κ3) is 7.09. The molecule has 7 nitrogen and oxygen atoms in total. The zero-order valence-corrected chi connectivity index (χ0v) is 16.2. The van der Waals surface area contributed by atoms with Gasteiger partial charge in [0.1, 0.15) is 11.5 Å². The second kappa shape index (κ2) is 8.24. The van der Waals surface area contributed by atoms with E-state index >= 15 is 0 Å². The van der Waals surface area contributed by atoms with Crippen LogP contribution in [0, 0.1) is 0 Å². The topological polar surface area (TPSA) is 119 Å². The third-order valence-electron chi connectivity index (χ3n) is 3.34. The van der Waals surface area contributed by atoms with Crippen molar-refractivity contribution < 1.29 is 30.0 Å². The van der Waals surface area contributed by atoms with Crippen molar-refractivity contribution in [1.29, 1.82) is 0 Å². The molecule has 0 spiro atoms. The summed E-state index contributed by atoms with van der Waals surface area (Å²) in [6.07, 6.45) is 1.54. The van der Waals surface area contributed by atoms with E-state index in [0.29, 0.717) is 5.56 Å². The van der Waals surface area contributed by atoms with E-state index < -0.39 is 58.3 Å². The van der Waals surface area contributed by atoms with E-state index in [0.717, 1.165) is 0 Å². The molecule has 0 saturated heterocycles. The van der Waals surface area contributed by atoms with Crippen LogP contribution in [0.3, 0.4) is 0 Å². The largest absolute Gasteiger partial charge is 0.297 e. The Morgan fingerprint density at radius 1 is 0.920 bits per heavy atom. The van der Waals surface area contributed by atoms with Crippen LogP contribution in [0.25, 0.3) is 6.08 Å². The van der Waals surface area contributed by atoms with Crippen LogP contribution in [0.15, 0.2) is 35.7 Å². The Labute approximate surface area is 148 Å². The van der Waals surface area contributed by atoms with Gasteiger partial charge in [0.05, 0.1) is 16.4 Å². The van der Waals surface area contributed by atoms with Gasteiger partial charge in [-0.15, -0.1) is 0 Å². The fourth-order valence-electron chi connectivity index (χ4n) is 1.87. The van der Waals surface area contributed by atoms with Crippen molar-refractivity contribution in [3.05, 3.63) is 36.4 Å². The summed E-state index contributed by atoms with van der Waals surface area (Å²) >= 11 is 0. The first-order valence-corrected chi connectivity index (χ1v) is 12.6. The van der Waals surface area contributed by atoms with Crippen molar-refractivity contribution in [2.45, 2.75) is 11.8 Å². The fourth-order valence-corrected chi connectivity index (χ4v) is 6.22. The van der Waals surface area contributed by atoms with Gasteiger partial charge in [-0.25, -0.2) is 25.3 Å². The minimum Gasteiger partial charge on any atom is -0.297 e.